The second kappa shape index (κ2) is 7.07. The van der Waals surface area contributed by atoms with Crippen LogP contribution in [0.15, 0.2) is 24.3 Å². The number of hydrogen-bond acceptors (Lipinski definition) is 5. The lowest BCUT2D eigenvalue weighted by atomic mass is 9.96. The number of para-hydroxylation sites is 1. The molecule has 0 saturated carbocycles. The normalized spacial score (nSPS) is 21.8. The molecule has 1 aromatic carbocycles. The first kappa shape index (κ1) is 18.4. The van der Waals surface area contributed by atoms with Crippen LogP contribution in [0, 0.1) is 5.92 Å². The number of carbonyl (C=O) groups is 3. The first-order valence-electron chi connectivity index (χ1n) is 8.83. The zero-order valence-corrected chi connectivity index (χ0v) is 15.4. The minimum atomic E-state index is -1.43. The molecule has 1 atom stereocenters. The van der Waals surface area contributed by atoms with Gasteiger partial charge in [0.05, 0.1) is 24.5 Å². The Hall–Kier alpha value is -2.41. The van der Waals surface area contributed by atoms with Gasteiger partial charge in [0.2, 0.25) is 11.6 Å². The van der Waals surface area contributed by atoms with E-state index >= 15 is 0 Å². The van der Waals surface area contributed by atoms with Crippen molar-refractivity contribution in [3.8, 4) is 0 Å². The van der Waals surface area contributed by atoms with Crippen molar-refractivity contribution in [3.63, 3.8) is 0 Å². The number of anilines is 1. The van der Waals surface area contributed by atoms with Gasteiger partial charge in [-0.15, -0.1) is 0 Å². The molecule has 0 N–H and O–H groups in total. The van der Waals surface area contributed by atoms with Crippen molar-refractivity contribution in [3.05, 3.63) is 29.8 Å². The summed E-state index contributed by atoms with van der Waals surface area (Å²) < 4.78 is 10.6. The van der Waals surface area contributed by atoms with Crippen LogP contribution < -0.4 is 4.90 Å². The lowest BCUT2D eigenvalue weighted by Crippen LogP contribution is -2.69. The van der Waals surface area contributed by atoms with E-state index in [-0.39, 0.29) is 50.3 Å². The number of carbonyl (C=O) groups excluding carboxylic acids is 3. The molecule has 26 heavy (non-hydrogen) atoms. The van der Waals surface area contributed by atoms with Crippen molar-refractivity contribution in [1.29, 1.82) is 0 Å². The molecule has 140 valence electrons. The molecule has 7 nitrogen and oxygen atoms in total. The van der Waals surface area contributed by atoms with Crippen LogP contribution in [0.1, 0.15) is 37.0 Å². The van der Waals surface area contributed by atoms with Crippen molar-refractivity contribution in [2.24, 2.45) is 5.92 Å². The largest absolute Gasteiger partial charge is 0.462 e. The number of nitrogens with zero attached hydrogens (tertiary/aromatic N) is 2. The number of fused-ring (bicyclic) bond motifs is 3. The molecular formula is C19H24N2O5. The molecule has 1 unspecified atom stereocenters. The molecule has 2 amide bonds. The fraction of sp³-hybridized carbons (Fsp3) is 0.526. The Bertz CT molecular complexity index is 732. The predicted molar refractivity (Wildman–Crippen MR) is 94.6 cm³/mol. The summed E-state index contributed by atoms with van der Waals surface area (Å²) in [7, 11) is 1.53. The highest BCUT2D eigenvalue weighted by molar-refractivity contribution is 6.15. The van der Waals surface area contributed by atoms with Gasteiger partial charge in [-0.1, -0.05) is 26.0 Å². The fourth-order valence-corrected chi connectivity index (χ4v) is 3.59. The van der Waals surface area contributed by atoms with Gasteiger partial charge in [0, 0.05) is 26.5 Å². The maximum absolute atomic E-state index is 13.1. The van der Waals surface area contributed by atoms with Crippen molar-refractivity contribution in [2.75, 3.05) is 31.8 Å². The van der Waals surface area contributed by atoms with E-state index in [0.717, 1.165) is 0 Å². The highest BCUT2D eigenvalue weighted by atomic mass is 16.5. The summed E-state index contributed by atoms with van der Waals surface area (Å²) in [5.74, 6) is -0.880. The van der Waals surface area contributed by atoms with Crippen LogP contribution >= 0.6 is 0 Å². The highest BCUT2D eigenvalue weighted by Gasteiger charge is 2.61. The third-order valence-electron chi connectivity index (χ3n) is 4.77. The maximum Gasteiger partial charge on any atom is 0.353 e. The Balaban J connectivity index is 2.11. The monoisotopic (exact) mass is 360 g/mol. The molecule has 2 heterocycles. The van der Waals surface area contributed by atoms with Crippen LogP contribution in [-0.4, -0.2) is 55.2 Å². The van der Waals surface area contributed by atoms with Gasteiger partial charge in [-0.3, -0.25) is 14.5 Å². The van der Waals surface area contributed by atoms with Gasteiger partial charge in [0.1, 0.15) is 0 Å². The SMILES string of the molecule is COCCN1C(=O)c2ccccc2N2C(=O)CCC12C(=O)OCC(C)C. The van der Waals surface area contributed by atoms with Crippen molar-refractivity contribution >= 4 is 23.5 Å². The fourth-order valence-electron chi connectivity index (χ4n) is 3.59. The van der Waals surface area contributed by atoms with Crippen LogP contribution in [-0.2, 0) is 19.1 Å². The predicted octanol–water partition coefficient (Wildman–Crippen LogP) is 1.81. The molecular weight excluding hydrogens is 336 g/mol. The number of ether oxygens (including phenoxy) is 2. The second-order valence-electron chi connectivity index (χ2n) is 7.00. The van der Waals surface area contributed by atoms with Gasteiger partial charge in [-0.25, -0.2) is 4.79 Å². The summed E-state index contributed by atoms with van der Waals surface area (Å²) in [4.78, 5) is 41.9. The van der Waals surface area contributed by atoms with E-state index in [1.807, 2.05) is 13.8 Å². The van der Waals surface area contributed by atoms with Crippen molar-refractivity contribution < 1.29 is 23.9 Å². The van der Waals surface area contributed by atoms with E-state index in [0.29, 0.717) is 11.3 Å². The third-order valence-corrected chi connectivity index (χ3v) is 4.77. The Morgan fingerprint density at radius 3 is 2.69 bits per heavy atom. The second-order valence-corrected chi connectivity index (χ2v) is 7.00. The summed E-state index contributed by atoms with van der Waals surface area (Å²) in [5.41, 5.74) is -0.558. The van der Waals surface area contributed by atoms with E-state index in [1.165, 1.54) is 16.9 Å². The van der Waals surface area contributed by atoms with Crippen LogP contribution in [0.2, 0.25) is 0 Å². The van der Waals surface area contributed by atoms with Gasteiger partial charge < -0.3 is 14.4 Å². The van der Waals surface area contributed by atoms with Crippen molar-refractivity contribution in [2.45, 2.75) is 32.4 Å². The molecule has 7 heteroatoms. The molecule has 0 spiro atoms. The number of benzene rings is 1. The van der Waals surface area contributed by atoms with E-state index in [9.17, 15) is 14.4 Å². The summed E-state index contributed by atoms with van der Waals surface area (Å²) in [6, 6.07) is 6.88. The molecule has 3 rings (SSSR count). The van der Waals surface area contributed by atoms with Crippen molar-refractivity contribution in [1.82, 2.24) is 4.90 Å². The maximum atomic E-state index is 13.1. The molecule has 0 radical (unpaired) electrons. The van der Waals surface area contributed by atoms with E-state index in [4.69, 9.17) is 9.47 Å². The number of esters is 1. The first-order valence-corrected chi connectivity index (χ1v) is 8.83. The average Bonchev–Trinajstić information content (AvgIpc) is 2.98. The molecule has 2 aliphatic heterocycles. The van der Waals surface area contributed by atoms with Crippen LogP contribution in [0.4, 0.5) is 5.69 Å². The van der Waals surface area contributed by atoms with Gasteiger partial charge in [0.25, 0.3) is 5.91 Å². The van der Waals surface area contributed by atoms with Crippen LogP contribution in [0.3, 0.4) is 0 Å². The minimum absolute atomic E-state index is 0.153. The van der Waals surface area contributed by atoms with Gasteiger partial charge in [0.15, 0.2) is 0 Å². The van der Waals surface area contributed by atoms with Gasteiger partial charge >= 0.3 is 5.97 Å². The van der Waals surface area contributed by atoms with E-state index in [1.54, 1.807) is 24.3 Å². The molecule has 0 aliphatic carbocycles. The average molecular weight is 360 g/mol. The molecule has 1 saturated heterocycles. The first-order chi connectivity index (χ1) is 12.4. The molecule has 0 bridgehead atoms. The zero-order valence-electron chi connectivity index (χ0n) is 15.4. The third kappa shape index (κ3) is 2.76. The Kier molecular flexibility index (Phi) is 5.00. The highest BCUT2D eigenvalue weighted by Crippen LogP contribution is 2.45. The molecule has 1 aromatic rings. The summed E-state index contributed by atoms with van der Waals surface area (Å²) >= 11 is 0. The van der Waals surface area contributed by atoms with Gasteiger partial charge in [-0.05, 0) is 18.1 Å². The minimum Gasteiger partial charge on any atom is -0.462 e. The zero-order chi connectivity index (χ0) is 18.9. The number of methoxy groups -OCH3 is 1. The summed E-state index contributed by atoms with van der Waals surface area (Å²) in [6.07, 6.45) is 0.397. The molecule has 2 aliphatic rings. The molecule has 0 aromatic heterocycles. The number of hydrogen-bond donors (Lipinski definition) is 0. The topological polar surface area (TPSA) is 76.2 Å². The summed E-state index contributed by atoms with van der Waals surface area (Å²) in [6.45, 7) is 4.56. The van der Waals surface area contributed by atoms with Gasteiger partial charge in [-0.2, -0.15) is 0 Å². The Labute approximate surface area is 152 Å². The Morgan fingerprint density at radius 1 is 1.27 bits per heavy atom. The number of rotatable bonds is 6. The quantitative estimate of drug-likeness (QED) is 0.723. The van der Waals surface area contributed by atoms with E-state index in [2.05, 4.69) is 0 Å². The lowest BCUT2D eigenvalue weighted by Gasteiger charge is -2.48. The smallest absolute Gasteiger partial charge is 0.353 e. The van der Waals surface area contributed by atoms with E-state index < -0.39 is 11.6 Å². The number of amides is 2. The summed E-state index contributed by atoms with van der Waals surface area (Å²) in [5, 5.41) is 0. The lowest BCUT2D eigenvalue weighted by molar-refractivity contribution is -0.158. The van der Waals surface area contributed by atoms with Crippen LogP contribution in [0.25, 0.3) is 0 Å². The molecule has 1 fully saturated rings. The standard InChI is InChI=1S/C19H24N2O5/c1-13(2)12-26-18(24)19-9-8-16(22)21(19)15-7-5-4-6-14(15)17(23)20(19)10-11-25-3/h4-7,13H,8-12H2,1-3H3. The Morgan fingerprint density at radius 2 is 2.00 bits per heavy atom. The van der Waals surface area contributed by atoms with Crippen LogP contribution in [0.5, 0.6) is 0 Å².